The van der Waals surface area contributed by atoms with Gasteiger partial charge in [0.2, 0.25) is 0 Å². The maximum atomic E-state index is 10.8. The molecule has 0 unspecified atom stereocenters. The maximum Gasteiger partial charge on any atom is 0.315 e. The number of rotatable bonds is 2. The van der Waals surface area contributed by atoms with Gasteiger partial charge in [0.25, 0.3) is 0 Å². The number of aromatic nitrogens is 1. The molecule has 0 amide bonds. The highest BCUT2D eigenvalue weighted by Crippen LogP contribution is 2.25. The lowest BCUT2D eigenvalue weighted by molar-refractivity contribution is -0.142. The number of hydrogen-bond donors (Lipinski definition) is 1. The summed E-state index contributed by atoms with van der Waals surface area (Å²) in [6.45, 7) is 3.31. The van der Waals surface area contributed by atoms with E-state index in [1.54, 1.807) is 19.2 Å². The van der Waals surface area contributed by atoms with Gasteiger partial charge in [-0.05, 0) is 36.4 Å². The van der Waals surface area contributed by atoms with Crippen molar-refractivity contribution in [2.45, 2.75) is 19.3 Å². The molecule has 1 rings (SSSR count). The van der Waals surface area contributed by atoms with Gasteiger partial charge in [-0.2, -0.15) is 0 Å². The maximum absolute atomic E-state index is 10.8. The molecular formula is C7H8INO2S. The molecule has 0 fully saturated rings. The average Bonchev–Trinajstić information content (AvgIpc) is 2.35. The van der Waals surface area contributed by atoms with Crippen LogP contribution in [0.2, 0.25) is 0 Å². The van der Waals surface area contributed by atoms with E-state index in [4.69, 9.17) is 5.11 Å². The van der Waals surface area contributed by atoms with Crippen molar-refractivity contribution >= 4 is 39.9 Å². The summed E-state index contributed by atoms with van der Waals surface area (Å²) in [4.78, 5) is 14.9. The van der Waals surface area contributed by atoms with E-state index in [-0.39, 0.29) is 0 Å². The first-order valence-corrected chi connectivity index (χ1v) is 5.25. The summed E-state index contributed by atoms with van der Waals surface area (Å²) in [5.74, 6) is -0.843. The monoisotopic (exact) mass is 297 g/mol. The van der Waals surface area contributed by atoms with E-state index in [2.05, 4.69) is 27.6 Å². The molecule has 0 saturated heterocycles. The highest BCUT2D eigenvalue weighted by Gasteiger charge is 2.31. The zero-order valence-electron chi connectivity index (χ0n) is 6.67. The van der Waals surface area contributed by atoms with E-state index in [0.717, 1.165) is 3.01 Å². The van der Waals surface area contributed by atoms with E-state index in [1.165, 1.54) is 11.3 Å². The molecule has 0 radical (unpaired) electrons. The molecule has 0 bridgehead atoms. The first-order valence-electron chi connectivity index (χ1n) is 3.29. The van der Waals surface area contributed by atoms with Crippen LogP contribution in [-0.2, 0) is 10.2 Å². The molecule has 0 atom stereocenters. The summed E-state index contributed by atoms with van der Waals surface area (Å²) in [6.07, 6.45) is 0. The lowest BCUT2D eigenvalue weighted by Gasteiger charge is -2.15. The molecule has 5 heteroatoms. The highest BCUT2D eigenvalue weighted by molar-refractivity contribution is 14.1. The van der Waals surface area contributed by atoms with Gasteiger partial charge in [0.05, 0.1) is 5.69 Å². The lowest BCUT2D eigenvalue weighted by atomic mass is 9.91. The van der Waals surface area contributed by atoms with Gasteiger partial charge < -0.3 is 5.11 Å². The zero-order chi connectivity index (χ0) is 9.35. The molecule has 0 aliphatic rings. The minimum Gasteiger partial charge on any atom is -0.481 e. The number of carboxylic acid groups (broad SMARTS) is 1. The smallest absolute Gasteiger partial charge is 0.315 e. The van der Waals surface area contributed by atoms with Gasteiger partial charge in [0.15, 0.2) is 3.01 Å². The van der Waals surface area contributed by atoms with Crippen LogP contribution in [-0.4, -0.2) is 16.1 Å². The van der Waals surface area contributed by atoms with Crippen LogP contribution in [0.25, 0.3) is 0 Å². The third kappa shape index (κ3) is 1.77. The van der Waals surface area contributed by atoms with Crippen LogP contribution < -0.4 is 0 Å². The van der Waals surface area contributed by atoms with E-state index >= 15 is 0 Å². The Morgan fingerprint density at radius 3 is 2.67 bits per heavy atom. The molecule has 1 aromatic rings. The molecule has 0 saturated carbocycles. The Morgan fingerprint density at radius 1 is 1.75 bits per heavy atom. The molecule has 1 N–H and O–H groups in total. The van der Waals surface area contributed by atoms with Gasteiger partial charge in [-0.1, -0.05) is 0 Å². The topological polar surface area (TPSA) is 50.2 Å². The second-order valence-electron chi connectivity index (χ2n) is 2.92. The predicted molar refractivity (Wildman–Crippen MR) is 55.5 cm³/mol. The lowest BCUT2D eigenvalue weighted by Crippen LogP contribution is -2.28. The fourth-order valence-electron chi connectivity index (χ4n) is 0.648. The van der Waals surface area contributed by atoms with Crippen molar-refractivity contribution in [2.75, 3.05) is 0 Å². The molecule has 66 valence electrons. The Balaban J connectivity index is 3.05. The van der Waals surface area contributed by atoms with Crippen molar-refractivity contribution in [3.8, 4) is 0 Å². The summed E-state index contributed by atoms with van der Waals surface area (Å²) >= 11 is 3.54. The summed E-state index contributed by atoms with van der Waals surface area (Å²) in [7, 11) is 0. The van der Waals surface area contributed by atoms with E-state index < -0.39 is 11.4 Å². The molecule has 12 heavy (non-hydrogen) atoms. The minimum atomic E-state index is -0.875. The van der Waals surface area contributed by atoms with Gasteiger partial charge in [-0.15, -0.1) is 11.3 Å². The number of carbonyl (C=O) groups is 1. The first-order chi connectivity index (χ1) is 5.44. The predicted octanol–water partition coefficient (Wildman–Crippen LogP) is 2.11. The summed E-state index contributed by atoms with van der Waals surface area (Å²) in [6, 6.07) is 0. The summed E-state index contributed by atoms with van der Waals surface area (Å²) in [5.41, 5.74) is -0.246. The number of halogens is 1. The normalized spacial score (nSPS) is 11.6. The van der Waals surface area contributed by atoms with Crippen molar-refractivity contribution in [1.82, 2.24) is 4.98 Å². The molecule has 0 aliphatic heterocycles. The molecule has 0 spiro atoms. The second-order valence-corrected chi connectivity index (χ2v) is 5.53. The van der Waals surface area contributed by atoms with Crippen molar-refractivity contribution in [1.29, 1.82) is 0 Å². The third-order valence-corrected chi connectivity index (χ3v) is 3.28. The number of hydrogen-bond acceptors (Lipinski definition) is 3. The van der Waals surface area contributed by atoms with Crippen LogP contribution >= 0.6 is 33.9 Å². The second kappa shape index (κ2) is 3.29. The Labute approximate surface area is 88.0 Å². The molecular weight excluding hydrogens is 289 g/mol. The van der Waals surface area contributed by atoms with Crippen molar-refractivity contribution in [3.05, 3.63) is 14.1 Å². The number of aliphatic carboxylic acids is 1. The molecule has 3 nitrogen and oxygen atoms in total. The van der Waals surface area contributed by atoms with Gasteiger partial charge in [0, 0.05) is 5.38 Å². The van der Waals surface area contributed by atoms with Crippen LogP contribution in [0.1, 0.15) is 19.5 Å². The van der Waals surface area contributed by atoms with Crippen LogP contribution in [0, 0.1) is 3.01 Å². The zero-order valence-corrected chi connectivity index (χ0v) is 9.64. The van der Waals surface area contributed by atoms with Crippen molar-refractivity contribution < 1.29 is 9.90 Å². The van der Waals surface area contributed by atoms with E-state index in [9.17, 15) is 4.79 Å². The summed E-state index contributed by atoms with van der Waals surface area (Å²) < 4.78 is 0.872. The quantitative estimate of drug-likeness (QED) is 0.851. The molecule has 0 aromatic carbocycles. The minimum absolute atomic E-state index is 0.629. The number of nitrogens with zero attached hydrogens (tertiary/aromatic N) is 1. The first kappa shape index (κ1) is 9.91. The van der Waals surface area contributed by atoms with Crippen molar-refractivity contribution in [2.24, 2.45) is 0 Å². The Bertz CT molecular complexity index is 308. The molecule has 1 aromatic heterocycles. The van der Waals surface area contributed by atoms with Crippen LogP contribution in [0.3, 0.4) is 0 Å². The van der Waals surface area contributed by atoms with E-state index in [0.29, 0.717) is 5.69 Å². The fraction of sp³-hybridized carbons (Fsp3) is 0.429. The Kier molecular flexibility index (Phi) is 2.72. The average molecular weight is 297 g/mol. The fourth-order valence-corrected chi connectivity index (χ4v) is 2.00. The van der Waals surface area contributed by atoms with Gasteiger partial charge in [-0.3, -0.25) is 4.79 Å². The van der Waals surface area contributed by atoms with Crippen LogP contribution in [0.5, 0.6) is 0 Å². The molecule has 1 heterocycles. The highest BCUT2D eigenvalue weighted by atomic mass is 127. The van der Waals surface area contributed by atoms with Crippen molar-refractivity contribution in [3.63, 3.8) is 0 Å². The van der Waals surface area contributed by atoms with Crippen LogP contribution in [0.15, 0.2) is 5.38 Å². The van der Waals surface area contributed by atoms with Gasteiger partial charge in [-0.25, -0.2) is 4.98 Å². The number of thiazole rings is 1. The third-order valence-electron chi connectivity index (χ3n) is 1.65. The Morgan fingerprint density at radius 2 is 2.33 bits per heavy atom. The van der Waals surface area contributed by atoms with E-state index in [1.807, 2.05) is 0 Å². The standard InChI is InChI=1S/C7H8INO2S/c1-7(2,5(10)11)4-3-12-6(8)9-4/h3H,1-2H3,(H,10,11). The van der Waals surface area contributed by atoms with Gasteiger partial charge in [0.1, 0.15) is 5.41 Å². The molecule has 0 aliphatic carbocycles. The Hall–Kier alpha value is -0.170. The summed E-state index contributed by atoms with van der Waals surface area (Å²) in [5, 5.41) is 10.7. The van der Waals surface area contributed by atoms with Gasteiger partial charge >= 0.3 is 5.97 Å². The largest absolute Gasteiger partial charge is 0.481 e. The van der Waals surface area contributed by atoms with Crippen LogP contribution in [0.4, 0.5) is 0 Å². The number of carboxylic acids is 1. The SMILES string of the molecule is CC(C)(C(=O)O)c1csc(I)n1.